The molecule has 0 spiro atoms. The Bertz CT molecular complexity index is 4600. The van der Waals surface area contributed by atoms with Crippen LogP contribution in [-0.2, 0) is 27.1 Å². The fraction of sp³-hybridized carbons (Fsp3) is 0.309. The van der Waals surface area contributed by atoms with E-state index in [1.807, 2.05) is 22.7 Å². The Kier molecular flexibility index (Phi) is 11.5. The first kappa shape index (κ1) is 52.9. The molecule has 0 aliphatic heterocycles. The van der Waals surface area contributed by atoms with Gasteiger partial charge in [0.25, 0.3) is 0 Å². The standard InChI is InChI=1S/C81H78S2/c1-45-18-17-21-66-72(45)62-36-26-52(40-67(62)80(66,13)14)74(49-22-27-54(28-23-49)77(5,6)7)46(2)50-24-34-60-63-38-53-39-64-61-35-25-51(42-71(61)83-76(64)48(4)73(53)47(3)75(63)82-70(60)41-50)69-44-81(69,56-31-29-55(30-32-56)78(8,9)10)57-33-37-59-58-19-15-16-20-65(58)79(11,12)68(59)43-57/h15-43,45-46,69,72,74H,44H2,1-14H3. The molecule has 0 radical (unpaired) electrons. The van der Waals surface area contributed by atoms with Gasteiger partial charge in [-0.1, -0.05) is 240 Å². The summed E-state index contributed by atoms with van der Waals surface area (Å²) < 4.78 is 5.61. The minimum atomic E-state index is -0.0937. The van der Waals surface area contributed by atoms with E-state index >= 15 is 0 Å². The predicted molar refractivity (Wildman–Crippen MR) is 360 cm³/mol. The fourth-order valence-electron chi connectivity index (χ4n) is 16.5. The molecule has 1 saturated carbocycles. The molecule has 0 N–H and O–H groups in total. The van der Waals surface area contributed by atoms with Crippen LogP contribution >= 0.6 is 22.7 Å². The Hall–Kier alpha value is -6.84. The summed E-state index contributed by atoms with van der Waals surface area (Å²) in [5, 5.41) is 8.27. The van der Waals surface area contributed by atoms with Crippen molar-refractivity contribution in [1.82, 2.24) is 0 Å². The Balaban J connectivity index is 0.797. The van der Waals surface area contributed by atoms with Gasteiger partial charge in [0.05, 0.1) is 0 Å². The van der Waals surface area contributed by atoms with Crippen LogP contribution < -0.4 is 0 Å². The first-order valence-corrected chi connectivity index (χ1v) is 32.4. The Morgan fingerprint density at radius 2 is 1.12 bits per heavy atom. The van der Waals surface area contributed by atoms with Gasteiger partial charge in [0.1, 0.15) is 0 Å². The van der Waals surface area contributed by atoms with Crippen LogP contribution in [0.25, 0.3) is 62.2 Å². The van der Waals surface area contributed by atoms with Crippen LogP contribution in [0.5, 0.6) is 0 Å². The molecule has 11 aromatic rings. The molecular formula is C81H78S2. The van der Waals surface area contributed by atoms with E-state index in [1.165, 1.54) is 140 Å². The number of hydrogen-bond donors (Lipinski definition) is 0. The van der Waals surface area contributed by atoms with Crippen molar-refractivity contribution in [3.05, 3.63) is 259 Å². The number of rotatable bonds is 7. The third-order valence-electron chi connectivity index (χ3n) is 21.4. The lowest BCUT2D eigenvalue weighted by molar-refractivity contribution is 0.551. The molecule has 9 aromatic carbocycles. The van der Waals surface area contributed by atoms with E-state index in [-0.39, 0.29) is 38.9 Å². The van der Waals surface area contributed by atoms with Crippen molar-refractivity contribution in [3.63, 3.8) is 0 Å². The Morgan fingerprint density at radius 3 is 1.80 bits per heavy atom. The van der Waals surface area contributed by atoms with E-state index < -0.39 is 0 Å². The van der Waals surface area contributed by atoms with Gasteiger partial charge in [-0.15, -0.1) is 22.7 Å². The molecule has 6 unspecified atom stereocenters. The van der Waals surface area contributed by atoms with Crippen molar-refractivity contribution in [2.24, 2.45) is 5.92 Å². The molecule has 2 heterocycles. The van der Waals surface area contributed by atoms with Gasteiger partial charge in [-0.3, -0.25) is 0 Å². The van der Waals surface area contributed by atoms with Crippen molar-refractivity contribution in [3.8, 4) is 11.1 Å². The minimum absolute atomic E-state index is 0.0129. The van der Waals surface area contributed by atoms with Crippen molar-refractivity contribution in [2.75, 3.05) is 0 Å². The topological polar surface area (TPSA) is 0 Å². The van der Waals surface area contributed by atoms with Gasteiger partial charge in [0.2, 0.25) is 0 Å². The van der Waals surface area contributed by atoms with Gasteiger partial charge >= 0.3 is 0 Å². The first-order valence-electron chi connectivity index (χ1n) is 30.8. The van der Waals surface area contributed by atoms with Crippen LogP contribution in [0.2, 0.25) is 0 Å². The van der Waals surface area contributed by atoms with Crippen LogP contribution in [0.15, 0.2) is 182 Å². The van der Waals surface area contributed by atoms with Gasteiger partial charge in [-0.2, -0.15) is 0 Å². The second-order valence-corrected chi connectivity index (χ2v) is 31.1. The Morgan fingerprint density at radius 1 is 0.530 bits per heavy atom. The summed E-state index contributed by atoms with van der Waals surface area (Å²) in [6, 6.07) is 63.5. The normalized spacial score (nSPS) is 21.1. The number of fused-ring (bicyclic) bond motifs is 13. The largest absolute Gasteiger partial charge is 0.135 e. The number of benzene rings is 9. The SMILES string of the molecule is Cc1c2sc3cc(C(C)C(c4ccc(C(C)(C)C)cc4)c4ccc5c(c4)C(C)(C)C4=CC=CC(C)C45)ccc3c2cc2cc3c(sc4cc(C5CC5(c5ccc(C(C)(C)C)cc5)c5ccc6c(c5)C(C)(C)c5ccccc5-6)ccc43)c(C)c12. The van der Waals surface area contributed by atoms with Gasteiger partial charge in [0, 0.05) is 68.4 Å². The Labute approximate surface area is 501 Å². The average Bonchev–Trinajstić information content (AvgIpc) is 3.07. The zero-order valence-electron chi connectivity index (χ0n) is 51.2. The summed E-state index contributed by atoms with van der Waals surface area (Å²) in [5.74, 6) is 1.78. The van der Waals surface area contributed by atoms with E-state index in [1.54, 1.807) is 5.57 Å². The molecule has 4 aliphatic carbocycles. The quantitative estimate of drug-likeness (QED) is 0.149. The van der Waals surface area contributed by atoms with Crippen LogP contribution in [0.4, 0.5) is 0 Å². The molecule has 0 nitrogen and oxygen atoms in total. The monoisotopic (exact) mass is 1110 g/mol. The molecule has 2 aromatic heterocycles. The van der Waals surface area contributed by atoms with Gasteiger partial charge < -0.3 is 0 Å². The lowest BCUT2D eigenvalue weighted by atomic mass is 9.74. The number of aryl methyl sites for hydroxylation is 2. The molecule has 0 amide bonds. The molecular weight excluding hydrogens is 1040 g/mol. The molecule has 1 fully saturated rings. The second-order valence-electron chi connectivity index (χ2n) is 29.0. The van der Waals surface area contributed by atoms with Gasteiger partial charge in [-0.25, -0.2) is 0 Å². The molecule has 414 valence electrons. The van der Waals surface area contributed by atoms with E-state index in [0.717, 1.165) is 6.42 Å². The summed E-state index contributed by atoms with van der Waals surface area (Å²) in [5.41, 5.74) is 24.4. The fourth-order valence-corrected chi connectivity index (χ4v) is 19.0. The van der Waals surface area contributed by atoms with E-state index in [4.69, 9.17) is 0 Å². The molecule has 15 rings (SSSR count). The maximum Gasteiger partial charge on any atom is 0.0391 e. The highest BCUT2D eigenvalue weighted by Gasteiger charge is 2.58. The van der Waals surface area contributed by atoms with Crippen LogP contribution in [0.3, 0.4) is 0 Å². The lowest BCUT2D eigenvalue weighted by Gasteiger charge is -2.29. The maximum atomic E-state index is 2.60. The predicted octanol–water partition coefficient (Wildman–Crippen LogP) is 23.0. The van der Waals surface area contributed by atoms with Crippen LogP contribution in [0, 0.1) is 19.8 Å². The molecule has 4 aliphatic rings. The van der Waals surface area contributed by atoms with Gasteiger partial charge in [0.15, 0.2) is 0 Å². The molecule has 83 heavy (non-hydrogen) atoms. The third-order valence-corrected chi connectivity index (χ3v) is 24.0. The smallest absolute Gasteiger partial charge is 0.0391 e. The van der Waals surface area contributed by atoms with Crippen molar-refractivity contribution in [2.45, 2.75) is 154 Å². The van der Waals surface area contributed by atoms with Crippen molar-refractivity contribution >= 4 is 73.8 Å². The van der Waals surface area contributed by atoms with Crippen molar-refractivity contribution in [1.29, 1.82) is 0 Å². The molecule has 6 atom stereocenters. The number of thiophene rings is 2. The number of allylic oxidation sites excluding steroid dienone is 4. The highest BCUT2D eigenvalue weighted by molar-refractivity contribution is 7.26. The van der Waals surface area contributed by atoms with E-state index in [0.29, 0.717) is 17.8 Å². The highest BCUT2D eigenvalue weighted by Crippen LogP contribution is 2.66. The number of hydrogen-bond acceptors (Lipinski definition) is 2. The molecule has 2 heteroatoms. The van der Waals surface area contributed by atoms with Crippen LogP contribution in [-0.4, -0.2) is 0 Å². The zero-order chi connectivity index (χ0) is 57.6. The summed E-state index contributed by atoms with van der Waals surface area (Å²) >= 11 is 4.00. The second kappa shape index (κ2) is 18.1. The lowest BCUT2D eigenvalue weighted by Crippen LogP contribution is -2.20. The van der Waals surface area contributed by atoms with Gasteiger partial charge in [-0.05, 0) is 173 Å². The third kappa shape index (κ3) is 7.80. The molecule has 0 bridgehead atoms. The minimum Gasteiger partial charge on any atom is -0.135 e. The average molecular weight is 1120 g/mol. The summed E-state index contributed by atoms with van der Waals surface area (Å²) in [7, 11) is 0. The van der Waals surface area contributed by atoms with Crippen LogP contribution in [0.1, 0.15) is 191 Å². The maximum absolute atomic E-state index is 2.60. The summed E-state index contributed by atoms with van der Waals surface area (Å²) in [6.07, 6.45) is 8.20. The van der Waals surface area contributed by atoms with Crippen molar-refractivity contribution < 1.29 is 0 Å². The first-order chi connectivity index (χ1) is 39.5. The summed E-state index contributed by atoms with van der Waals surface area (Å²) in [6.45, 7) is 33.3. The zero-order valence-corrected chi connectivity index (χ0v) is 52.8. The van der Waals surface area contributed by atoms with E-state index in [9.17, 15) is 0 Å². The molecule has 0 saturated heterocycles. The summed E-state index contributed by atoms with van der Waals surface area (Å²) in [4.78, 5) is 0. The van der Waals surface area contributed by atoms with E-state index in [2.05, 4.69) is 273 Å². The highest BCUT2D eigenvalue weighted by atomic mass is 32.1.